The van der Waals surface area contributed by atoms with Crippen molar-refractivity contribution < 1.29 is 19.1 Å². The van der Waals surface area contributed by atoms with Gasteiger partial charge in [-0.15, -0.1) is 0 Å². The third-order valence-corrected chi connectivity index (χ3v) is 6.47. The summed E-state index contributed by atoms with van der Waals surface area (Å²) in [6.45, 7) is 5.55. The number of amides is 2. The van der Waals surface area contributed by atoms with Crippen LogP contribution in [0.3, 0.4) is 0 Å². The quantitative estimate of drug-likeness (QED) is 0.650. The van der Waals surface area contributed by atoms with Crippen LogP contribution in [0.5, 0.6) is 11.5 Å². The highest BCUT2D eigenvalue weighted by molar-refractivity contribution is 6.05. The Kier molecular flexibility index (Phi) is 6.35. The number of carbonyl (C=O) groups excluding carboxylic acids is 2. The summed E-state index contributed by atoms with van der Waals surface area (Å²) in [5.74, 6) is 1.70. The van der Waals surface area contributed by atoms with Crippen LogP contribution in [0, 0.1) is 11.8 Å². The Balaban J connectivity index is 1.18. The van der Waals surface area contributed by atoms with E-state index in [1.165, 1.54) is 4.90 Å². The van der Waals surface area contributed by atoms with E-state index in [9.17, 15) is 9.59 Å². The maximum atomic E-state index is 12.6. The van der Waals surface area contributed by atoms with Gasteiger partial charge in [0.25, 0.3) is 0 Å². The number of fused-ring (bicyclic) bond motifs is 1. The van der Waals surface area contributed by atoms with E-state index in [1.54, 1.807) is 7.11 Å². The predicted octanol–water partition coefficient (Wildman–Crippen LogP) is 1.82. The van der Waals surface area contributed by atoms with Gasteiger partial charge in [-0.25, -0.2) is 0 Å². The van der Waals surface area contributed by atoms with Crippen molar-refractivity contribution in [1.29, 1.82) is 0 Å². The number of imide groups is 1. The van der Waals surface area contributed by atoms with Crippen LogP contribution in [-0.2, 0) is 9.59 Å². The van der Waals surface area contributed by atoms with Gasteiger partial charge in [-0.05, 0) is 37.1 Å². The molecule has 3 aliphatic rings. The SMILES string of the molecule is COc1ccc(OCCN2CCN(CN3C(=O)[C@H]4CCCC[C@H]4C3=O)CC2)cc1. The van der Waals surface area contributed by atoms with Gasteiger partial charge in [-0.3, -0.25) is 24.3 Å². The van der Waals surface area contributed by atoms with Gasteiger partial charge in [0.05, 0.1) is 25.6 Å². The zero-order chi connectivity index (χ0) is 20.2. The molecule has 1 aromatic rings. The number of carbonyl (C=O) groups is 2. The minimum Gasteiger partial charge on any atom is -0.497 e. The summed E-state index contributed by atoms with van der Waals surface area (Å²) < 4.78 is 11.0. The van der Waals surface area contributed by atoms with E-state index in [1.807, 2.05) is 24.3 Å². The average Bonchev–Trinajstić information content (AvgIpc) is 3.00. The summed E-state index contributed by atoms with van der Waals surface area (Å²) in [6.07, 6.45) is 3.91. The van der Waals surface area contributed by atoms with Gasteiger partial charge in [0.1, 0.15) is 18.1 Å². The zero-order valence-corrected chi connectivity index (χ0v) is 17.2. The molecule has 1 aromatic carbocycles. The van der Waals surface area contributed by atoms with Crippen molar-refractivity contribution in [3.63, 3.8) is 0 Å². The molecular weight excluding hydrogens is 370 g/mol. The minimum atomic E-state index is -0.0485. The van der Waals surface area contributed by atoms with Crippen molar-refractivity contribution in [2.24, 2.45) is 11.8 Å². The highest BCUT2D eigenvalue weighted by Gasteiger charge is 2.48. The van der Waals surface area contributed by atoms with E-state index in [2.05, 4.69) is 9.80 Å². The van der Waals surface area contributed by atoms with Crippen molar-refractivity contribution >= 4 is 11.8 Å². The van der Waals surface area contributed by atoms with Gasteiger partial charge in [-0.1, -0.05) is 12.8 Å². The molecule has 2 heterocycles. The molecular formula is C22H31N3O4. The molecule has 0 radical (unpaired) electrons. The molecule has 1 aliphatic carbocycles. The molecule has 0 aromatic heterocycles. The predicted molar refractivity (Wildman–Crippen MR) is 109 cm³/mol. The molecule has 7 nitrogen and oxygen atoms in total. The molecule has 0 bridgehead atoms. The van der Waals surface area contributed by atoms with Gasteiger partial charge in [0.2, 0.25) is 11.8 Å². The second kappa shape index (κ2) is 9.13. The smallest absolute Gasteiger partial charge is 0.234 e. The first-order valence-corrected chi connectivity index (χ1v) is 10.7. The number of likely N-dealkylation sites (tertiary alicyclic amines) is 1. The van der Waals surface area contributed by atoms with Crippen LogP contribution < -0.4 is 9.47 Å². The number of benzene rings is 1. The Labute approximate surface area is 172 Å². The van der Waals surface area contributed by atoms with Crippen LogP contribution in [0.1, 0.15) is 25.7 Å². The number of ether oxygens (including phenoxy) is 2. The van der Waals surface area contributed by atoms with E-state index in [0.717, 1.165) is 69.9 Å². The highest BCUT2D eigenvalue weighted by Crippen LogP contribution is 2.38. The third-order valence-electron chi connectivity index (χ3n) is 6.47. The zero-order valence-electron chi connectivity index (χ0n) is 17.2. The Morgan fingerprint density at radius 1 is 0.862 bits per heavy atom. The molecule has 4 rings (SSSR count). The van der Waals surface area contributed by atoms with Gasteiger partial charge in [-0.2, -0.15) is 0 Å². The van der Waals surface area contributed by atoms with Gasteiger partial charge in [0.15, 0.2) is 0 Å². The third kappa shape index (κ3) is 4.56. The first kappa shape index (κ1) is 20.2. The molecule has 7 heteroatoms. The lowest BCUT2D eigenvalue weighted by molar-refractivity contribution is -0.142. The highest BCUT2D eigenvalue weighted by atomic mass is 16.5. The fourth-order valence-corrected chi connectivity index (χ4v) is 4.69. The van der Waals surface area contributed by atoms with E-state index in [-0.39, 0.29) is 23.7 Å². The van der Waals surface area contributed by atoms with Crippen LogP contribution in [0.25, 0.3) is 0 Å². The Hall–Kier alpha value is -2.12. The number of nitrogens with zero attached hydrogens (tertiary/aromatic N) is 3. The lowest BCUT2D eigenvalue weighted by atomic mass is 9.81. The van der Waals surface area contributed by atoms with Gasteiger partial charge < -0.3 is 9.47 Å². The first-order chi connectivity index (χ1) is 14.2. The fraction of sp³-hybridized carbons (Fsp3) is 0.636. The number of methoxy groups -OCH3 is 1. The normalized spacial score (nSPS) is 25.9. The van der Waals surface area contributed by atoms with Crippen LogP contribution in [0.2, 0.25) is 0 Å². The minimum absolute atomic E-state index is 0.0485. The number of hydrogen-bond acceptors (Lipinski definition) is 6. The molecule has 2 atom stereocenters. The Bertz CT molecular complexity index is 691. The first-order valence-electron chi connectivity index (χ1n) is 10.7. The maximum Gasteiger partial charge on any atom is 0.234 e. The number of rotatable bonds is 7. The monoisotopic (exact) mass is 401 g/mol. The van der Waals surface area contributed by atoms with Crippen molar-refractivity contribution in [2.75, 3.05) is 53.1 Å². The molecule has 158 valence electrons. The molecule has 2 amide bonds. The van der Waals surface area contributed by atoms with Gasteiger partial charge >= 0.3 is 0 Å². The largest absolute Gasteiger partial charge is 0.497 e. The van der Waals surface area contributed by atoms with E-state index < -0.39 is 0 Å². The topological polar surface area (TPSA) is 62.3 Å². The second-order valence-electron chi connectivity index (χ2n) is 8.23. The van der Waals surface area contributed by atoms with Gasteiger partial charge in [0, 0.05) is 32.7 Å². The summed E-state index contributed by atoms with van der Waals surface area (Å²) in [5.41, 5.74) is 0. The lowest BCUT2D eigenvalue weighted by Crippen LogP contribution is -2.51. The Morgan fingerprint density at radius 2 is 1.41 bits per heavy atom. The van der Waals surface area contributed by atoms with E-state index in [4.69, 9.17) is 9.47 Å². The van der Waals surface area contributed by atoms with E-state index >= 15 is 0 Å². The lowest BCUT2D eigenvalue weighted by Gasteiger charge is -2.36. The summed E-state index contributed by atoms with van der Waals surface area (Å²) in [7, 11) is 1.65. The van der Waals surface area contributed by atoms with Crippen molar-refractivity contribution in [3.05, 3.63) is 24.3 Å². The second-order valence-corrected chi connectivity index (χ2v) is 8.23. The van der Waals surface area contributed by atoms with Crippen LogP contribution in [0.4, 0.5) is 0 Å². The average molecular weight is 402 g/mol. The molecule has 2 saturated heterocycles. The molecule has 0 spiro atoms. The summed E-state index contributed by atoms with van der Waals surface area (Å²) in [4.78, 5) is 31.4. The standard InChI is InChI=1S/C22H31N3O4/c1-28-17-6-8-18(9-7-17)29-15-14-23-10-12-24(13-11-23)16-25-21(26)19-4-2-3-5-20(19)22(25)27/h6-9,19-20H,2-5,10-16H2,1H3/t19-,20+. The van der Waals surface area contributed by atoms with Crippen molar-refractivity contribution in [3.8, 4) is 11.5 Å². The molecule has 0 N–H and O–H groups in total. The summed E-state index contributed by atoms with van der Waals surface area (Å²) >= 11 is 0. The molecule has 1 saturated carbocycles. The molecule has 0 unspecified atom stereocenters. The summed E-state index contributed by atoms with van der Waals surface area (Å²) in [5, 5.41) is 0. The van der Waals surface area contributed by atoms with Crippen LogP contribution in [-0.4, -0.2) is 79.6 Å². The van der Waals surface area contributed by atoms with Crippen molar-refractivity contribution in [1.82, 2.24) is 14.7 Å². The summed E-state index contributed by atoms with van der Waals surface area (Å²) in [6, 6.07) is 7.62. The number of piperazine rings is 1. The molecule has 3 fully saturated rings. The Morgan fingerprint density at radius 3 is 2.00 bits per heavy atom. The van der Waals surface area contributed by atoms with Crippen LogP contribution >= 0.6 is 0 Å². The number of hydrogen-bond donors (Lipinski definition) is 0. The molecule has 2 aliphatic heterocycles. The maximum absolute atomic E-state index is 12.6. The fourth-order valence-electron chi connectivity index (χ4n) is 4.69. The van der Waals surface area contributed by atoms with Crippen molar-refractivity contribution in [2.45, 2.75) is 25.7 Å². The van der Waals surface area contributed by atoms with E-state index in [0.29, 0.717) is 13.3 Å². The van der Waals surface area contributed by atoms with Crippen LogP contribution in [0.15, 0.2) is 24.3 Å². The molecule has 29 heavy (non-hydrogen) atoms.